The zero-order chi connectivity index (χ0) is 16.4. The molecule has 0 amide bonds. The molecule has 122 valence electrons. The third-order valence-corrected chi connectivity index (χ3v) is 4.11. The normalized spacial score (nSPS) is 15.4. The van der Waals surface area contributed by atoms with E-state index in [1.165, 1.54) is 0 Å². The summed E-state index contributed by atoms with van der Waals surface area (Å²) in [5.74, 6) is 0.910. The Labute approximate surface area is 139 Å². The summed E-state index contributed by atoms with van der Waals surface area (Å²) in [6.45, 7) is 3.07. The smallest absolute Gasteiger partial charge is 0.130 e. The lowest BCUT2D eigenvalue weighted by molar-refractivity contribution is 0.122. The third kappa shape index (κ3) is 2.59. The lowest BCUT2D eigenvalue weighted by atomic mass is 10.1. The fourth-order valence-electron chi connectivity index (χ4n) is 2.94. The average molecular weight is 322 g/mol. The Bertz CT molecular complexity index is 868. The van der Waals surface area contributed by atoms with E-state index in [-0.39, 0.29) is 0 Å². The predicted molar refractivity (Wildman–Crippen MR) is 93.4 cm³/mol. The van der Waals surface area contributed by atoms with Crippen LogP contribution in [-0.4, -0.2) is 46.5 Å². The van der Waals surface area contributed by atoms with E-state index >= 15 is 0 Å². The molecular formula is C17H18N6O. The van der Waals surface area contributed by atoms with Crippen LogP contribution in [0, 0.1) is 0 Å². The van der Waals surface area contributed by atoms with Gasteiger partial charge in [0.2, 0.25) is 0 Å². The first kappa shape index (κ1) is 14.6. The molecular weight excluding hydrogens is 304 g/mol. The molecule has 0 bridgehead atoms. The van der Waals surface area contributed by atoms with E-state index in [2.05, 4.69) is 26.1 Å². The van der Waals surface area contributed by atoms with Crippen LogP contribution in [0.5, 0.6) is 0 Å². The van der Waals surface area contributed by atoms with E-state index < -0.39 is 0 Å². The Morgan fingerprint density at radius 2 is 2.08 bits per heavy atom. The second kappa shape index (κ2) is 6.29. The van der Waals surface area contributed by atoms with Gasteiger partial charge in [-0.15, -0.1) is 0 Å². The largest absolute Gasteiger partial charge is 0.405 e. The number of aromatic nitrogens is 4. The quantitative estimate of drug-likeness (QED) is 0.763. The van der Waals surface area contributed by atoms with Gasteiger partial charge in [0.05, 0.1) is 18.9 Å². The van der Waals surface area contributed by atoms with Gasteiger partial charge in [0.1, 0.15) is 17.0 Å². The molecule has 4 rings (SSSR count). The van der Waals surface area contributed by atoms with Gasteiger partial charge in [0, 0.05) is 30.9 Å². The molecule has 1 aliphatic rings. The molecule has 3 N–H and O–H groups in total. The molecule has 1 fully saturated rings. The highest BCUT2D eigenvalue weighted by molar-refractivity contribution is 5.96. The van der Waals surface area contributed by atoms with Crippen LogP contribution in [0.15, 0.2) is 36.8 Å². The molecule has 24 heavy (non-hydrogen) atoms. The molecule has 0 aliphatic carbocycles. The summed E-state index contributed by atoms with van der Waals surface area (Å²) in [5.41, 5.74) is 9.13. The van der Waals surface area contributed by atoms with Crippen molar-refractivity contribution in [3.63, 3.8) is 0 Å². The Balaban J connectivity index is 1.93. The van der Waals surface area contributed by atoms with Gasteiger partial charge in [-0.25, -0.2) is 4.98 Å². The number of hydrogen-bond acceptors (Lipinski definition) is 6. The van der Waals surface area contributed by atoms with E-state index in [9.17, 15) is 0 Å². The van der Waals surface area contributed by atoms with Crippen LogP contribution in [0.2, 0.25) is 0 Å². The number of nitrogens with zero attached hydrogens (tertiary/aromatic N) is 4. The number of anilines is 1. The Morgan fingerprint density at radius 1 is 1.21 bits per heavy atom. The summed E-state index contributed by atoms with van der Waals surface area (Å²) in [4.78, 5) is 11.6. The summed E-state index contributed by atoms with van der Waals surface area (Å²) in [6.07, 6.45) is 6.93. The number of pyridine rings is 2. The third-order valence-electron chi connectivity index (χ3n) is 4.11. The molecule has 7 heteroatoms. The average Bonchev–Trinajstić information content (AvgIpc) is 3.16. The Hall–Kier alpha value is -2.93. The lowest BCUT2D eigenvalue weighted by Crippen LogP contribution is -2.36. The fourth-order valence-corrected chi connectivity index (χ4v) is 2.94. The van der Waals surface area contributed by atoms with Crippen LogP contribution in [-0.2, 0) is 4.74 Å². The number of rotatable bonds is 3. The highest BCUT2D eigenvalue weighted by atomic mass is 16.5. The number of aromatic amines is 1. The van der Waals surface area contributed by atoms with Crippen molar-refractivity contribution in [3.8, 4) is 11.4 Å². The zero-order valence-corrected chi connectivity index (χ0v) is 13.1. The van der Waals surface area contributed by atoms with Crippen molar-refractivity contribution in [3.05, 3.63) is 42.4 Å². The van der Waals surface area contributed by atoms with Crippen molar-refractivity contribution >= 4 is 22.8 Å². The molecule has 0 radical (unpaired) electrons. The van der Waals surface area contributed by atoms with Crippen LogP contribution in [0.1, 0.15) is 5.56 Å². The van der Waals surface area contributed by atoms with E-state index in [0.717, 1.165) is 46.8 Å². The Morgan fingerprint density at radius 3 is 2.83 bits per heavy atom. The molecule has 0 atom stereocenters. The first-order valence-corrected chi connectivity index (χ1v) is 7.87. The van der Waals surface area contributed by atoms with Crippen LogP contribution < -0.4 is 10.6 Å². The molecule has 4 heterocycles. The number of H-pyrrole nitrogens is 1. The predicted octanol–water partition coefficient (Wildman–Crippen LogP) is 1.79. The first-order valence-electron chi connectivity index (χ1n) is 7.87. The first-order chi connectivity index (χ1) is 11.9. The highest BCUT2D eigenvalue weighted by Crippen LogP contribution is 2.29. The highest BCUT2D eigenvalue weighted by Gasteiger charge is 2.17. The maximum absolute atomic E-state index is 5.65. The summed E-state index contributed by atoms with van der Waals surface area (Å²) in [5, 5.41) is 8.00. The maximum atomic E-state index is 5.65. The monoisotopic (exact) mass is 322 g/mol. The minimum atomic E-state index is 0.711. The van der Waals surface area contributed by atoms with Gasteiger partial charge in [0.25, 0.3) is 0 Å². The molecule has 0 aromatic carbocycles. The van der Waals surface area contributed by atoms with Crippen LogP contribution in [0.4, 0.5) is 5.82 Å². The van der Waals surface area contributed by atoms with Gasteiger partial charge < -0.3 is 15.4 Å². The van der Waals surface area contributed by atoms with Crippen molar-refractivity contribution in [2.45, 2.75) is 0 Å². The van der Waals surface area contributed by atoms with Crippen LogP contribution in [0.25, 0.3) is 28.4 Å². The molecule has 0 spiro atoms. The lowest BCUT2D eigenvalue weighted by Gasteiger charge is -2.28. The Kier molecular flexibility index (Phi) is 3.84. The van der Waals surface area contributed by atoms with Crippen molar-refractivity contribution < 1.29 is 4.74 Å². The van der Waals surface area contributed by atoms with Gasteiger partial charge >= 0.3 is 0 Å². The van der Waals surface area contributed by atoms with E-state index in [1.54, 1.807) is 18.6 Å². The number of fused-ring (bicyclic) bond motifs is 1. The minimum Gasteiger partial charge on any atom is -0.405 e. The van der Waals surface area contributed by atoms with Crippen LogP contribution >= 0.6 is 0 Å². The second-order valence-electron chi connectivity index (χ2n) is 5.55. The number of nitrogens with one attached hydrogen (secondary N) is 1. The molecule has 3 aromatic rings. The zero-order valence-electron chi connectivity index (χ0n) is 13.1. The molecule has 0 unspecified atom stereocenters. The van der Waals surface area contributed by atoms with Crippen molar-refractivity contribution in [1.29, 1.82) is 0 Å². The molecule has 7 nitrogen and oxygen atoms in total. The molecule has 1 saturated heterocycles. The van der Waals surface area contributed by atoms with Gasteiger partial charge in [-0.2, -0.15) is 5.10 Å². The summed E-state index contributed by atoms with van der Waals surface area (Å²) < 4.78 is 5.44. The molecule has 3 aromatic heterocycles. The maximum Gasteiger partial charge on any atom is 0.130 e. The SMILES string of the molecule is N/C=C/c1cc(N2CCOCC2)nc2c(-c3ccn[nH]3)nccc12. The summed E-state index contributed by atoms with van der Waals surface area (Å²) in [7, 11) is 0. The van der Waals surface area contributed by atoms with Gasteiger partial charge in [-0.1, -0.05) is 0 Å². The number of ether oxygens (including phenoxy) is 1. The fraction of sp³-hybridized carbons (Fsp3) is 0.235. The van der Waals surface area contributed by atoms with E-state index in [0.29, 0.717) is 13.2 Å². The number of hydrogen-bond donors (Lipinski definition) is 2. The number of nitrogens with two attached hydrogens (primary N) is 1. The van der Waals surface area contributed by atoms with Crippen LogP contribution in [0.3, 0.4) is 0 Å². The molecule has 1 aliphatic heterocycles. The topological polar surface area (TPSA) is 93.0 Å². The standard InChI is InChI=1S/C17H18N6O/c18-4-1-12-11-15(23-7-9-24-10-8-23)21-16-13(12)2-5-19-17(16)14-3-6-20-22-14/h1-6,11H,7-10,18H2,(H,20,22)/b4-1+. The molecule has 0 saturated carbocycles. The van der Waals surface area contributed by atoms with Crippen molar-refractivity contribution in [1.82, 2.24) is 20.2 Å². The van der Waals surface area contributed by atoms with Crippen molar-refractivity contribution in [2.24, 2.45) is 5.73 Å². The van der Waals surface area contributed by atoms with Gasteiger partial charge in [-0.05, 0) is 36.0 Å². The van der Waals surface area contributed by atoms with Gasteiger partial charge in [0.15, 0.2) is 0 Å². The number of morpholine rings is 1. The summed E-state index contributed by atoms with van der Waals surface area (Å²) in [6, 6.07) is 5.91. The van der Waals surface area contributed by atoms with Crippen molar-refractivity contribution in [2.75, 3.05) is 31.2 Å². The van der Waals surface area contributed by atoms with E-state index in [1.807, 2.05) is 18.2 Å². The van der Waals surface area contributed by atoms with Gasteiger partial charge in [-0.3, -0.25) is 10.1 Å². The van der Waals surface area contributed by atoms with E-state index in [4.69, 9.17) is 15.5 Å². The minimum absolute atomic E-state index is 0.711. The second-order valence-corrected chi connectivity index (χ2v) is 5.55. The summed E-state index contributed by atoms with van der Waals surface area (Å²) >= 11 is 0.